The molecule has 130 valence electrons. The molecule has 1 aromatic heterocycles. The average Bonchev–Trinajstić information content (AvgIpc) is 2.55. The molecule has 7 nitrogen and oxygen atoms in total. The Labute approximate surface area is 147 Å². The molecule has 0 spiro atoms. The minimum Gasteiger partial charge on any atom is -0.316 e. The van der Waals surface area contributed by atoms with Crippen molar-refractivity contribution in [2.75, 3.05) is 0 Å². The summed E-state index contributed by atoms with van der Waals surface area (Å²) >= 11 is 6.10. The molecule has 9 heteroatoms. The van der Waals surface area contributed by atoms with Gasteiger partial charge >= 0.3 is 11.1 Å². The Kier molecular flexibility index (Phi) is 4.51. The van der Waals surface area contributed by atoms with Gasteiger partial charge in [-0.3, -0.25) is 9.59 Å². The van der Waals surface area contributed by atoms with E-state index in [4.69, 9.17) is 11.6 Å². The number of nitrogens with one attached hydrogen (secondary N) is 3. The molecule has 1 heterocycles. The van der Waals surface area contributed by atoms with E-state index >= 15 is 0 Å². The maximum Gasteiger partial charge on any atom is 0.314 e. The van der Waals surface area contributed by atoms with Gasteiger partial charge in [0.15, 0.2) is 0 Å². The monoisotopic (exact) mass is 379 g/mol. The first-order chi connectivity index (χ1) is 11.8. The van der Waals surface area contributed by atoms with Gasteiger partial charge < -0.3 is 9.97 Å². The summed E-state index contributed by atoms with van der Waals surface area (Å²) in [5.41, 5.74) is -0.445. The number of H-pyrrole nitrogens is 2. The molecule has 25 heavy (non-hydrogen) atoms. The highest BCUT2D eigenvalue weighted by molar-refractivity contribution is 7.89. The van der Waals surface area contributed by atoms with Gasteiger partial charge in [-0.25, -0.2) is 13.1 Å². The number of halogens is 1. The van der Waals surface area contributed by atoms with E-state index in [1.165, 1.54) is 18.2 Å². The minimum absolute atomic E-state index is 0.0402. The fourth-order valence-corrected chi connectivity index (χ4v) is 4.00. The second-order valence-corrected chi connectivity index (χ2v) is 7.60. The average molecular weight is 380 g/mol. The molecule has 0 bridgehead atoms. The van der Waals surface area contributed by atoms with Crippen molar-refractivity contribution in [2.45, 2.75) is 17.9 Å². The smallest absolute Gasteiger partial charge is 0.314 e. The normalized spacial score (nSPS) is 13.0. The van der Waals surface area contributed by atoms with Crippen LogP contribution in [0, 0.1) is 0 Å². The molecule has 3 aromatic rings. The summed E-state index contributed by atoms with van der Waals surface area (Å²) in [6, 6.07) is 10.4. The van der Waals surface area contributed by atoms with Crippen LogP contribution in [0.1, 0.15) is 18.5 Å². The zero-order valence-electron chi connectivity index (χ0n) is 13.0. The SMILES string of the molecule is CC(NS(=O)(=O)c1ccc2[nH]c(=O)c(=O)[nH]c2c1)c1ccccc1Cl. The Balaban J connectivity index is 1.98. The molecule has 3 N–H and O–H groups in total. The Morgan fingerprint density at radius 2 is 1.64 bits per heavy atom. The van der Waals surface area contributed by atoms with E-state index in [-0.39, 0.29) is 10.4 Å². The van der Waals surface area contributed by atoms with Crippen molar-refractivity contribution in [3.8, 4) is 0 Å². The predicted molar refractivity (Wildman–Crippen MR) is 95.4 cm³/mol. The first-order valence-electron chi connectivity index (χ1n) is 7.31. The number of sulfonamides is 1. The fraction of sp³-hybridized carbons (Fsp3) is 0.125. The number of fused-ring (bicyclic) bond motifs is 1. The molecular weight excluding hydrogens is 366 g/mol. The molecule has 0 aliphatic carbocycles. The molecule has 0 aliphatic rings. The largest absolute Gasteiger partial charge is 0.316 e. The first-order valence-corrected chi connectivity index (χ1v) is 9.17. The molecule has 1 atom stereocenters. The number of rotatable bonds is 4. The quantitative estimate of drug-likeness (QED) is 0.601. The van der Waals surface area contributed by atoms with Crippen LogP contribution in [0.2, 0.25) is 5.02 Å². The highest BCUT2D eigenvalue weighted by Gasteiger charge is 2.20. The van der Waals surface area contributed by atoms with Crippen LogP contribution in [-0.2, 0) is 10.0 Å². The first kappa shape index (κ1) is 17.4. The lowest BCUT2D eigenvalue weighted by molar-refractivity contribution is 0.567. The van der Waals surface area contributed by atoms with E-state index in [9.17, 15) is 18.0 Å². The summed E-state index contributed by atoms with van der Waals surface area (Å²) in [6.45, 7) is 1.68. The van der Waals surface area contributed by atoms with Crippen LogP contribution < -0.4 is 15.8 Å². The van der Waals surface area contributed by atoms with Crippen molar-refractivity contribution in [2.24, 2.45) is 0 Å². The van der Waals surface area contributed by atoms with Crippen LogP contribution in [-0.4, -0.2) is 18.4 Å². The van der Waals surface area contributed by atoms with Crippen molar-refractivity contribution in [3.63, 3.8) is 0 Å². The number of aromatic nitrogens is 2. The van der Waals surface area contributed by atoms with Gasteiger partial charge in [0, 0.05) is 11.1 Å². The van der Waals surface area contributed by atoms with Crippen molar-refractivity contribution in [3.05, 3.63) is 73.8 Å². The van der Waals surface area contributed by atoms with Crippen LogP contribution >= 0.6 is 11.6 Å². The predicted octanol–water partition coefficient (Wildman–Crippen LogP) is 1.91. The zero-order valence-corrected chi connectivity index (χ0v) is 14.6. The van der Waals surface area contributed by atoms with E-state index in [1.807, 2.05) is 0 Å². The van der Waals surface area contributed by atoms with Crippen LogP contribution in [0.25, 0.3) is 11.0 Å². The van der Waals surface area contributed by atoms with Crippen molar-refractivity contribution in [1.82, 2.24) is 14.7 Å². The van der Waals surface area contributed by atoms with Crippen LogP contribution in [0.5, 0.6) is 0 Å². The lowest BCUT2D eigenvalue weighted by Crippen LogP contribution is -2.29. The lowest BCUT2D eigenvalue weighted by atomic mass is 10.1. The molecule has 0 saturated heterocycles. The molecule has 0 saturated carbocycles. The van der Waals surface area contributed by atoms with Crippen LogP contribution in [0.4, 0.5) is 0 Å². The molecule has 1 unspecified atom stereocenters. The number of benzene rings is 2. The number of hydrogen-bond acceptors (Lipinski definition) is 4. The Morgan fingerprint density at radius 3 is 2.32 bits per heavy atom. The summed E-state index contributed by atoms with van der Waals surface area (Å²) < 4.78 is 27.8. The van der Waals surface area contributed by atoms with E-state index in [0.29, 0.717) is 16.1 Å². The topological polar surface area (TPSA) is 112 Å². The van der Waals surface area contributed by atoms with E-state index < -0.39 is 27.2 Å². The molecule has 3 rings (SSSR count). The maximum absolute atomic E-state index is 12.6. The molecule has 0 radical (unpaired) electrons. The second-order valence-electron chi connectivity index (χ2n) is 5.48. The number of hydrogen-bond donors (Lipinski definition) is 3. The molecule has 0 amide bonds. The van der Waals surface area contributed by atoms with Gasteiger partial charge in [0.1, 0.15) is 0 Å². The zero-order chi connectivity index (χ0) is 18.2. The third-order valence-electron chi connectivity index (χ3n) is 3.71. The van der Waals surface area contributed by atoms with Gasteiger partial charge in [0.2, 0.25) is 10.0 Å². The van der Waals surface area contributed by atoms with Gasteiger partial charge in [-0.05, 0) is 36.8 Å². The summed E-state index contributed by atoms with van der Waals surface area (Å²) in [5.74, 6) is 0. The van der Waals surface area contributed by atoms with Gasteiger partial charge in [-0.2, -0.15) is 0 Å². The maximum atomic E-state index is 12.6. The Morgan fingerprint density at radius 1 is 1.00 bits per heavy atom. The summed E-state index contributed by atoms with van der Waals surface area (Å²) in [5, 5.41) is 0.457. The van der Waals surface area contributed by atoms with Crippen molar-refractivity contribution < 1.29 is 8.42 Å². The number of aromatic amines is 2. The van der Waals surface area contributed by atoms with Gasteiger partial charge in [0.05, 0.1) is 15.9 Å². The van der Waals surface area contributed by atoms with Crippen molar-refractivity contribution >= 4 is 32.7 Å². The summed E-state index contributed by atoms with van der Waals surface area (Å²) in [4.78, 5) is 27.4. The summed E-state index contributed by atoms with van der Waals surface area (Å²) in [6.07, 6.45) is 0. The van der Waals surface area contributed by atoms with E-state index in [0.717, 1.165) is 0 Å². The fourth-order valence-electron chi connectivity index (χ4n) is 2.45. The van der Waals surface area contributed by atoms with Crippen LogP contribution in [0.3, 0.4) is 0 Å². The Bertz CT molecular complexity index is 1170. The summed E-state index contributed by atoms with van der Waals surface area (Å²) in [7, 11) is -3.86. The highest BCUT2D eigenvalue weighted by Crippen LogP contribution is 2.24. The minimum atomic E-state index is -3.86. The standard InChI is InChI=1S/C16H14ClN3O4S/c1-9(11-4-2-3-5-12(11)17)20-25(23,24)10-6-7-13-14(8-10)19-16(22)15(21)18-13/h2-9,20H,1H3,(H,18,21)(H,19,22). The van der Waals surface area contributed by atoms with E-state index in [1.54, 1.807) is 31.2 Å². The molecule has 2 aromatic carbocycles. The van der Waals surface area contributed by atoms with Crippen LogP contribution in [0.15, 0.2) is 56.9 Å². The lowest BCUT2D eigenvalue weighted by Gasteiger charge is -2.16. The molecular formula is C16H14ClN3O4S. The van der Waals surface area contributed by atoms with E-state index in [2.05, 4.69) is 14.7 Å². The Hall–Kier alpha value is -2.42. The third-order valence-corrected chi connectivity index (χ3v) is 5.59. The van der Waals surface area contributed by atoms with Gasteiger partial charge in [0.25, 0.3) is 0 Å². The highest BCUT2D eigenvalue weighted by atomic mass is 35.5. The molecule has 0 fully saturated rings. The van der Waals surface area contributed by atoms with Gasteiger partial charge in [-0.15, -0.1) is 0 Å². The molecule has 0 aliphatic heterocycles. The van der Waals surface area contributed by atoms with Crippen molar-refractivity contribution in [1.29, 1.82) is 0 Å². The van der Waals surface area contributed by atoms with Gasteiger partial charge in [-0.1, -0.05) is 29.8 Å². The third kappa shape index (κ3) is 3.51. The second kappa shape index (κ2) is 6.47.